The van der Waals surface area contributed by atoms with Crippen LogP contribution in [0.25, 0.3) is 22.3 Å². The average molecular weight is 817 g/mol. The predicted octanol–water partition coefficient (Wildman–Crippen LogP) is 7.16. The van der Waals surface area contributed by atoms with Crippen LogP contribution in [0.2, 0.25) is 0 Å². The largest absolute Gasteiger partial charge is 1.00 e. The van der Waals surface area contributed by atoms with E-state index in [1.165, 1.54) is 72.4 Å². The molecule has 0 saturated heterocycles. The van der Waals surface area contributed by atoms with Crippen LogP contribution in [0.1, 0.15) is 128 Å². The van der Waals surface area contributed by atoms with E-state index in [-0.39, 0.29) is 41.1 Å². The standard InChI is InChI=1S/C25H25.C15H14.C10H15.2ClH.Zr/c1-14-12-24(3,4)22-8-16-7-17-9-23-19(15(2)13-25(23,5)6)11-21(17)20(16)10-18(14)22;1-12-3-7-14(8-4-12)11-15-9-5-13(2)6-10-15;1-8-5-6-9(7-8)10(2,3)4;;;/h7-13H,1-6H3;3-10H,1-2H3;6-8H,1-4H3;2*1H;/q;;;;;+2/p-2. The van der Waals surface area contributed by atoms with Gasteiger partial charge in [0.05, 0.1) is 0 Å². The van der Waals surface area contributed by atoms with Gasteiger partial charge in [0.25, 0.3) is 0 Å². The van der Waals surface area contributed by atoms with Crippen LogP contribution in [0.15, 0.2) is 106 Å². The van der Waals surface area contributed by atoms with E-state index in [1.807, 2.05) is 0 Å². The van der Waals surface area contributed by atoms with Gasteiger partial charge in [-0.2, -0.15) is 0 Å². The van der Waals surface area contributed by atoms with Gasteiger partial charge >= 0.3 is 317 Å². The molecule has 4 aromatic rings. The summed E-state index contributed by atoms with van der Waals surface area (Å²) in [5.74, 6) is 0.414. The van der Waals surface area contributed by atoms with Gasteiger partial charge in [0.15, 0.2) is 0 Å². The van der Waals surface area contributed by atoms with Crippen molar-refractivity contribution in [1.82, 2.24) is 0 Å². The molecular formula is C50H54Cl2Zr. The van der Waals surface area contributed by atoms with Crippen molar-refractivity contribution in [3.8, 4) is 11.1 Å². The van der Waals surface area contributed by atoms with Crippen molar-refractivity contribution < 1.29 is 46.1 Å². The Kier molecular flexibility index (Phi) is 10.3. The molecule has 0 radical (unpaired) electrons. The number of aryl methyl sites for hydroxylation is 2. The summed E-state index contributed by atoms with van der Waals surface area (Å²) in [6, 6.07) is 29.6. The maximum absolute atomic E-state index is 2.97. The van der Waals surface area contributed by atoms with Crippen molar-refractivity contribution in [2.24, 2.45) is 11.3 Å². The molecule has 1 unspecified atom stereocenters. The summed E-state index contributed by atoms with van der Waals surface area (Å²) in [6.45, 7) is 28.4. The summed E-state index contributed by atoms with van der Waals surface area (Å²) in [5.41, 5.74) is 21.9. The summed E-state index contributed by atoms with van der Waals surface area (Å²) in [6.07, 6.45) is 10.3. The van der Waals surface area contributed by atoms with Crippen LogP contribution in [-0.4, -0.2) is 3.21 Å². The third kappa shape index (κ3) is 6.56. The molecule has 3 heteroatoms. The first-order valence-corrected chi connectivity index (χ1v) is 22.9. The molecule has 0 heterocycles. The SMILES string of the molecule is CC1=CC(C)(C)c2cc3c(cc21)-c1cc2c(cc1[CH]3[Zr+2]([C]1=CC(C(C)(C)C)=CC1C)=[C](c1ccc(C)cc1)c1ccc(C)cc1)C(C)(C)C=C2C.[Cl-].[Cl-]. The van der Waals surface area contributed by atoms with E-state index < -0.39 is 21.3 Å². The summed E-state index contributed by atoms with van der Waals surface area (Å²) in [7, 11) is 0. The summed E-state index contributed by atoms with van der Waals surface area (Å²) >= 11 is -2.97. The number of hydrogen-bond acceptors (Lipinski definition) is 0. The van der Waals surface area contributed by atoms with E-state index in [9.17, 15) is 0 Å². The predicted molar refractivity (Wildman–Crippen MR) is 217 cm³/mol. The number of halogens is 2. The normalized spacial score (nSPS) is 18.6. The van der Waals surface area contributed by atoms with Crippen LogP contribution in [0.5, 0.6) is 0 Å². The Morgan fingerprint density at radius 3 is 1.40 bits per heavy atom. The second-order valence-electron chi connectivity index (χ2n) is 18.3. The first-order chi connectivity index (χ1) is 23.9. The van der Waals surface area contributed by atoms with Gasteiger partial charge in [0.2, 0.25) is 0 Å². The number of rotatable bonds is 4. The number of allylic oxidation sites excluding steroid dienone is 8. The van der Waals surface area contributed by atoms with Gasteiger partial charge in [-0.05, 0) is 0 Å². The molecular weight excluding hydrogens is 763 g/mol. The number of hydrogen-bond donors (Lipinski definition) is 0. The van der Waals surface area contributed by atoms with E-state index in [0.717, 1.165) is 0 Å². The van der Waals surface area contributed by atoms with Crippen molar-refractivity contribution >= 4 is 14.4 Å². The van der Waals surface area contributed by atoms with E-state index in [4.69, 9.17) is 0 Å². The molecule has 4 aliphatic carbocycles. The van der Waals surface area contributed by atoms with Gasteiger partial charge in [0.1, 0.15) is 0 Å². The second-order valence-corrected chi connectivity index (χ2v) is 24.4. The van der Waals surface area contributed by atoms with E-state index in [0.29, 0.717) is 9.54 Å². The maximum Gasteiger partial charge on any atom is -1.00 e. The molecule has 0 spiro atoms. The van der Waals surface area contributed by atoms with Gasteiger partial charge in [-0.1, -0.05) is 0 Å². The van der Waals surface area contributed by atoms with Crippen LogP contribution < -0.4 is 24.8 Å². The summed E-state index contributed by atoms with van der Waals surface area (Å²) in [4.78, 5) is 0. The van der Waals surface area contributed by atoms with Crippen LogP contribution in [0, 0.1) is 25.2 Å². The quantitative estimate of drug-likeness (QED) is 0.205. The van der Waals surface area contributed by atoms with E-state index in [2.05, 4.69) is 180 Å². The molecule has 0 aromatic heterocycles. The molecule has 0 nitrogen and oxygen atoms in total. The molecule has 0 amide bonds. The zero-order valence-electron chi connectivity index (χ0n) is 33.6. The first-order valence-electron chi connectivity index (χ1n) is 19.0. The fourth-order valence-corrected chi connectivity index (χ4v) is 19.1. The minimum absolute atomic E-state index is 0. The van der Waals surface area contributed by atoms with Gasteiger partial charge < -0.3 is 24.8 Å². The Morgan fingerprint density at radius 1 is 0.604 bits per heavy atom. The summed E-state index contributed by atoms with van der Waals surface area (Å²) in [5, 5.41) is 0. The Labute approximate surface area is 339 Å². The van der Waals surface area contributed by atoms with Crippen molar-refractivity contribution in [3.63, 3.8) is 0 Å². The molecule has 53 heavy (non-hydrogen) atoms. The zero-order chi connectivity index (χ0) is 36.4. The molecule has 0 aliphatic heterocycles. The van der Waals surface area contributed by atoms with Crippen molar-refractivity contribution in [2.45, 2.75) is 97.5 Å². The van der Waals surface area contributed by atoms with Gasteiger partial charge in [-0.15, -0.1) is 0 Å². The number of benzene rings is 4. The van der Waals surface area contributed by atoms with Gasteiger partial charge in [-0.25, -0.2) is 0 Å². The molecule has 4 aromatic carbocycles. The zero-order valence-corrected chi connectivity index (χ0v) is 37.6. The Hall–Kier alpha value is -2.83. The van der Waals surface area contributed by atoms with Gasteiger partial charge in [-0.3, -0.25) is 0 Å². The summed E-state index contributed by atoms with van der Waals surface area (Å²) < 4.78 is 3.72. The van der Waals surface area contributed by atoms with E-state index in [1.54, 1.807) is 17.6 Å². The van der Waals surface area contributed by atoms with Crippen molar-refractivity contribution in [3.05, 3.63) is 162 Å². The third-order valence-corrected chi connectivity index (χ3v) is 21.0. The fourth-order valence-electron chi connectivity index (χ4n) is 9.64. The van der Waals surface area contributed by atoms with Crippen molar-refractivity contribution in [1.29, 1.82) is 0 Å². The Morgan fingerprint density at radius 2 is 1.02 bits per heavy atom. The van der Waals surface area contributed by atoms with Gasteiger partial charge in [0, 0.05) is 0 Å². The second kappa shape index (κ2) is 13.7. The molecule has 4 aliphatic rings. The van der Waals surface area contributed by atoms with Crippen LogP contribution in [0.4, 0.5) is 0 Å². The minimum atomic E-state index is -2.97. The average Bonchev–Trinajstić information content (AvgIpc) is 3.73. The topological polar surface area (TPSA) is 0 Å². The first kappa shape index (κ1) is 39.9. The molecule has 272 valence electrons. The monoisotopic (exact) mass is 814 g/mol. The maximum atomic E-state index is 2.69. The fraction of sp³-hybridized carbons (Fsp3) is 0.340. The molecule has 1 atom stereocenters. The third-order valence-electron chi connectivity index (χ3n) is 12.3. The molecule has 0 saturated carbocycles. The number of fused-ring (bicyclic) bond motifs is 5. The molecule has 0 N–H and O–H groups in total. The molecule has 0 fully saturated rings. The van der Waals surface area contributed by atoms with Crippen molar-refractivity contribution in [2.75, 3.05) is 0 Å². The minimum Gasteiger partial charge on any atom is -1.00 e. The smallest absolute Gasteiger partial charge is 1.00 e. The molecule has 0 bridgehead atoms. The van der Waals surface area contributed by atoms with Crippen LogP contribution >= 0.6 is 0 Å². The van der Waals surface area contributed by atoms with E-state index >= 15 is 0 Å². The Bertz CT molecular complexity index is 2180. The Balaban J connectivity index is 0.00000240. The van der Waals surface area contributed by atoms with Crippen LogP contribution in [-0.2, 0) is 32.1 Å². The molecule has 8 rings (SSSR count). The van der Waals surface area contributed by atoms with Crippen LogP contribution in [0.3, 0.4) is 0 Å².